The Morgan fingerprint density at radius 2 is 1.90 bits per heavy atom. The largest absolute Gasteiger partial charge is 0.483 e. The highest BCUT2D eigenvalue weighted by Crippen LogP contribution is 2.27. The summed E-state index contributed by atoms with van der Waals surface area (Å²) in [6, 6.07) is 16.3. The van der Waals surface area contributed by atoms with Gasteiger partial charge in [-0.25, -0.2) is 5.43 Å². The molecule has 0 spiro atoms. The number of hydrogen-bond donors (Lipinski definition) is 1. The van der Waals surface area contributed by atoms with Crippen LogP contribution in [0.1, 0.15) is 69.1 Å². The van der Waals surface area contributed by atoms with Crippen molar-refractivity contribution in [1.82, 2.24) is 5.43 Å². The van der Waals surface area contributed by atoms with Gasteiger partial charge in [0.05, 0.1) is 6.21 Å². The number of nitrogens with zero attached hydrogens (tertiary/aromatic N) is 1. The second-order valence-electron chi connectivity index (χ2n) is 7.86. The third-order valence-electron chi connectivity index (χ3n) is 4.79. The Balaban J connectivity index is 1.95. The van der Waals surface area contributed by atoms with Crippen LogP contribution in [0.5, 0.6) is 5.75 Å². The molecule has 0 aliphatic heterocycles. The summed E-state index contributed by atoms with van der Waals surface area (Å²) in [5, 5.41) is 4.16. The zero-order valence-electron chi connectivity index (χ0n) is 18.7. The predicted molar refractivity (Wildman–Crippen MR) is 126 cm³/mol. The first kappa shape index (κ1) is 23.4. The Kier molecular flexibility index (Phi) is 9.85. The highest BCUT2D eigenvalue weighted by molar-refractivity contribution is 5.87. The standard InChI is InChI=1S/C26H34N2O2/c1-5-6-8-13-23(17-22-11-9-7-10-12-22)18-27-28-26(29)19-30-25-16-21(4)14-15-24(25)20(2)3/h7,9-12,14-18,20H,5-6,8,13,19H2,1-4H3,(H,28,29). The molecule has 160 valence electrons. The maximum absolute atomic E-state index is 12.2. The number of hydrogen-bond acceptors (Lipinski definition) is 3. The molecule has 0 heterocycles. The van der Waals surface area contributed by atoms with Gasteiger partial charge in [-0.05, 0) is 54.0 Å². The maximum Gasteiger partial charge on any atom is 0.277 e. The zero-order valence-corrected chi connectivity index (χ0v) is 18.7. The summed E-state index contributed by atoms with van der Waals surface area (Å²) in [5.74, 6) is 0.818. The Bertz CT molecular complexity index is 855. The average molecular weight is 407 g/mol. The van der Waals surface area contributed by atoms with Crippen molar-refractivity contribution in [1.29, 1.82) is 0 Å². The summed E-state index contributed by atoms with van der Waals surface area (Å²) in [7, 11) is 0. The van der Waals surface area contributed by atoms with Crippen LogP contribution >= 0.6 is 0 Å². The van der Waals surface area contributed by atoms with Gasteiger partial charge in [-0.1, -0.05) is 82.2 Å². The molecule has 0 aromatic heterocycles. The zero-order chi connectivity index (χ0) is 21.8. The van der Waals surface area contributed by atoms with E-state index >= 15 is 0 Å². The predicted octanol–water partition coefficient (Wildman–Crippen LogP) is 6.26. The van der Waals surface area contributed by atoms with Crippen molar-refractivity contribution in [2.24, 2.45) is 5.10 Å². The molecule has 30 heavy (non-hydrogen) atoms. The first-order chi connectivity index (χ1) is 14.5. The van der Waals surface area contributed by atoms with Crippen LogP contribution in [0.4, 0.5) is 0 Å². The van der Waals surface area contributed by atoms with Crippen molar-refractivity contribution >= 4 is 18.2 Å². The molecular formula is C26H34N2O2. The number of rotatable bonds is 11. The van der Waals surface area contributed by atoms with Crippen molar-refractivity contribution in [3.8, 4) is 5.75 Å². The van der Waals surface area contributed by atoms with E-state index in [1.807, 2.05) is 31.2 Å². The molecule has 4 nitrogen and oxygen atoms in total. The van der Waals surface area contributed by atoms with E-state index in [1.165, 1.54) is 12.8 Å². The van der Waals surface area contributed by atoms with E-state index in [9.17, 15) is 4.79 Å². The van der Waals surface area contributed by atoms with Gasteiger partial charge < -0.3 is 4.74 Å². The Morgan fingerprint density at radius 1 is 1.13 bits per heavy atom. The first-order valence-corrected chi connectivity index (χ1v) is 10.8. The highest BCUT2D eigenvalue weighted by atomic mass is 16.5. The van der Waals surface area contributed by atoms with E-state index in [0.29, 0.717) is 5.92 Å². The van der Waals surface area contributed by atoms with Crippen LogP contribution in [-0.2, 0) is 4.79 Å². The molecule has 0 bridgehead atoms. The molecule has 0 atom stereocenters. The van der Waals surface area contributed by atoms with Crippen molar-refractivity contribution in [3.63, 3.8) is 0 Å². The quantitative estimate of drug-likeness (QED) is 0.272. The second-order valence-corrected chi connectivity index (χ2v) is 7.86. The molecule has 0 radical (unpaired) electrons. The van der Waals surface area contributed by atoms with Crippen LogP contribution in [0, 0.1) is 6.92 Å². The molecule has 0 saturated carbocycles. The van der Waals surface area contributed by atoms with Crippen molar-refractivity contribution in [2.75, 3.05) is 6.61 Å². The fraction of sp³-hybridized carbons (Fsp3) is 0.385. The summed E-state index contributed by atoms with van der Waals surface area (Å²) in [5.41, 5.74) is 7.02. The van der Waals surface area contributed by atoms with Gasteiger partial charge in [0.15, 0.2) is 6.61 Å². The van der Waals surface area contributed by atoms with Gasteiger partial charge in [-0.3, -0.25) is 4.79 Å². The molecule has 2 rings (SSSR count). The number of aryl methyl sites for hydroxylation is 1. The monoisotopic (exact) mass is 406 g/mol. The summed E-state index contributed by atoms with van der Waals surface area (Å²) in [6.45, 7) is 8.37. The maximum atomic E-state index is 12.2. The van der Waals surface area contributed by atoms with E-state index in [2.05, 4.69) is 61.6 Å². The van der Waals surface area contributed by atoms with Crippen LogP contribution in [0.2, 0.25) is 0 Å². The molecule has 0 aliphatic rings. The van der Waals surface area contributed by atoms with Gasteiger partial charge >= 0.3 is 0 Å². The van der Waals surface area contributed by atoms with E-state index in [-0.39, 0.29) is 12.5 Å². The summed E-state index contributed by atoms with van der Waals surface area (Å²) < 4.78 is 5.77. The number of allylic oxidation sites excluding steroid dienone is 1. The molecule has 1 N–H and O–H groups in total. The lowest BCUT2D eigenvalue weighted by molar-refractivity contribution is -0.123. The smallest absolute Gasteiger partial charge is 0.277 e. The van der Waals surface area contributed by atoms with Gasteiger partial charge in [0.25, 0.3) is 5.91 Å². The van der Waals surface area contributed by atoms with Gasteiger partial charge in [0.2, 0.25) is 0 Å². The molecule has 0 fully saturated rings. The number of amides is 1. The third kappa shape index (κ3) is 8.24. The van der Waals surface area contributed by atoms with Crippen LogP contribution in [0.3, 0.4) is 0 Å². The number of carbonyl (C=O) groups excluding carboxylic acids is 1. The molecule has 0 unspecified atom stereocenters. The minimum Gasteiger partial charge on any atom is -0.483 e. The van der Waals surface area contributed by atoms with Gasteiger partial charge in [-0.2, -0.15) is 5.10 Å². The minimum absolute atomic E-state index is 0.0614. The normalized spacial score (nSPS) is 11.8. The fourth-order valence-corrected chi connectivity index (χ4v) is 3.12. The Morgan fingerprint density at radius 3 is 2.60 bits per heavy atom. The van der Waals surface area contributed by atoms with Crippen molar-refractivity contribution in [2.45, 2.75) is 59.3 Å². The number of ether oxygens (including phenoxy) is 1. The topological polar surface area (TPSA) is 50.7 Å². The van der Waals surface area contributed by atoms with Gasteiger partial charge in [0.1, 0.15) is 5.75 Å². The number of benzene rings is 2. The number of unbranched alkanes of at least 4 members (excludes halogenated alkanes) is 2. The van der Waals surface area contributed by atoms with Gasteiger partial charge in [-0.15, -0.1) is 0 Å². The lowest BCUT2D eigenvalue weighted by atomic mass is 10.0. The average Bonchev–Trinajstić information content (AvgIpc) is 2.73. The summed E-state index contributed by atoms with van der Waals surface area (Å²) in [4.78, 5) is 12.2. The van der Waals surface area contributed by atoms with Crippen LogP contribution in [0.15, 0.2) is 59.2 Å². The molecule has 0 aliphatic carbocycles. The third-order valence-corrected chi connectivity index (χ3v) is 4.79. The van der Waals surface area contributed by atoms with Crippen LogP contribution < -0.4 is 10.2 Å². The van der Waals surface area contributed by atoms with E-state index in [0.717, 1.165) is 40.9 Å². The summed E-state index contributed by atoms with van der Waals surface area (Å²) in [6.07, 6.45) is 8.23. The number of carbonyl (C=O) groups is 1. The van der Waals surface area contributed by atoms with E-state index in [1.54, 1.807) is 6.21 Å². The van der Waals surface area contributed by atoms with E-state index < -0.39 is 0 Å². The fourth-order valence-electron chi connectivity index (χ4n) is 3.12. The Hall–Kier alpha value is -2.88. The van der Waals surface area contributed by atoms with Gasteiger partial charge in [0, 0.05) is 0 Å². The van der Waals surface area contributed by atoms with Crippen LogP contribution in [-0.4, -0.2) is 18.7 Å². The number of hydrazone groups is 1. The number of nitrogens with one attached hydrogen (secondary N) is 1. The molecule has 0 saturated heterocycles. The SMILES string of the molecule is CCCCCC(C=NNC(=O)COc1cc(C)ccc1C(C)C)=Cc1ccccc1. The lowest BCUT2D eigenvalue weighted by Gasteiger charge is -2.14. The molecular weight excluding hydrogens is 372 g/mol. The lowest BCUT2D eigenvalue weighted by Crippen LogP contribution is -2.25. The molecule has 1 amide bonds. The van der Waals surface area contributed by atoms with Crippen molar-refractivity contribution in [3.05, 3.63) is 70.8 Å². The first-order valence-electron chi connectivity index (χ1n) is 10.8. The highest BCUT2D eigenvalue weighted by Gasteiger charge is 2.10. The Labute approximate surface area is 181 Å². The molecule has 4 heteroatoms. The minimum atomic E-state index is -0.268. The molecule has 2 aromatic carbocycles. The second kappa shape index (κ2) is 12.6. The van der Waals surface area contributed by atoms with Crippen LogP contribution in [0.25, 0.3) is 6.08 Å². The van der Waals surface area contributed by atoms with Crippen molar-refractivity contribution < 1.29 is 9.53 Å². The van der Waals surface area contributed by atoms with E-state index in [4.69, 9.17) is 4.74 Å². The molecule has 2 aromatic rings. The summed E-state index contributed by atoms with van der Waals surface area (Å²) >= 11 is 0.